The molecule has 0 aliphatic carbocycles. The number of ether oxygens (including phenoxy) is 2. The number of benzene rings is 4. The molecule has 0 atom stereocenters. The molecule has 0 spiro atoms. The van der Waals surface area contributed by atoms with Crippen LogP contribution in [0.15, 0.2) is 78.9 Å². The van der Waals surface area contributed by atoms with Crippen molar-refractivity contribution < 1.29 is 9.47 Å². The molecule has 0 N–H and O–H groups in total. The molecular formula is C25H22O2. The number of fused-ring (bicyclic) bond motifs is 1. The molecule has 2 heteroatoms. The second kappa shape index (κ2) is 7.16. The van der Waals surface area contributed by atoms with Crippen molar-refractivity contribution in [2.45, 2.75) is 6.92 Å². The number of methoxy groups -OCH3 is 2. The van der Waals surface area contributed by atoms with E-state index in [1.807, 2.05) is 12.1 Å². The third kappa shape index (κ3) is 3.15. The molecule has 27 heavy (non-hydrogen) atoms. The molecule has 0 unspecified atom stereocenters. The Morgan fingerprint density at radius 2 is 1.44 bits per heavy atom. The van der Waals surface area contributed by atoms with Gasteiger partial charge < -0.3 is 9.47 Å². The molecule has 0 aliphatic rings. The van der Waals surface area contributed by atoms with Crippen LogP contribution in [0.5, 0.6) is 11.5 Å². The first-order valence-electron chi connectivity index (χ1n) is 9.02. The first-order valence-corrected chi connectivity index (χ1v) is 9.02. The van der Waals surface area contributed by atoms with Crippen LogP contribution in [-0.2, 0) is 0 Å². The fourth-order valence-corrected chi connectivity index (χ4v) is 3.54. The third-order valence-corrected chi connectivity index (χ3v) is 4.97. The van der Waals surface area contributed by atoms with Crippen LogP contribution in [0.1, 0.15) is 5.56 Å². The smallest absolute Gasteiger partial charge is 0.126 e. The Kier molecular flexibility index (Phi) is 4.55. The second-order valence-corrected chi connectivity index (χ2v) is 6.64. The minimum atomic E-state index is 0.814. The van der Waals surface area contributed by atoms with Crippen molar-refractivity contribution in [3.05, 3.63) is 84.4 Å². The van der Waals surface area contributed by atoms with Crippen molar-refractivity contribution in [3.8, 4) is 33.8 Å². The molecule has 0 amide bonds. The van der Waals surface area contributed by atoms with Crippen LogP contribution >= 0.6 is 0 Å². The van der Waals surface area contributed by atoms with E-state index in [1.165, 1.54) is 27.5 Å². The van der Waals surface area contributed by atoms with Crippen molar-refractivity contribution in [1.29, 1.82) is 0 Å². The van der Waals surface area contributed by atoms with Crippen molar-refractivity contribution in [3.63, 3.8) is 0 Å². The predicted molar refractivity (Wildman–Crippen MR) is 113 cm³/mol. The van der Waals surface area contributed by atoms with Gasteiger partial charge in [-0.1, -0.05) is 66.2 Å². The van der Waals surface area contributed by atoms with Crippen LogP contribution in [0, 0.1) is 6.92 Å². The third-order valence-electron chi connectivity index (χ3n) is 4.97. The molecule has 2 nitrogen and oxygen atoms in total. The Morgan fingerprint density at radius 3 is 2.19 bits per heavy atom. The maximum absolute atomic E-state index is 5.70. The molecule has 4 aromatic rings. The van der Waals surface area contributed by atoms with E-state index in [4.69, 9.17) is 9.47 Å². The highest BCUT2D eigenvalue weighted by Gasteiger charge is 2.16. The summed E-state index contributed by atoms with van der Waals surface area (Å²) in [7, 11) is 3.40. The van der Waals surface area contributed by atoms with E-state index in [-0.39, 0.29) is 0 Å². The zero-order valence-corrected chi connectivity index (χ0v) is 15.8. The Labute approximate surface area is 160 Å². The maximum atomic E-state index is 5.70. The minimum absolute atomic E-state index is 0.814. The van der Waals surface area contributed by atoms with Crippen LogP contribution < -0.4 is 9.47 Å². The SMILES string of the molecule is COc1ccc(OC)c(-c2c(-c3ccc(C)cc3)ccc3ccccc23)c1. The van der Waals surface area contributed by atoms with Crippen LogP contribution in [0.3, 0.4) is 0 Å². The molecule has 0 aromatic heterocycles. The van der Waals surface area contributed by atoms with Gasteiger partial charge in [-0.05, 0) is 47.0 Å². The molecule has 134 valence electrons. The summed E-state index contributed by atoms with van der Waals surface area (Å²) in [5.74, 6) is 1.65. The second-order valence-electron chi connectivity index (χ2n) is 6.64. The lowest BCUT2D eigenvalue weighted by Gasteiger charge is -2.17. The van der Waals surface area contributed by atoms with E-state index in [0.29, 0.717) is 0 Å². The molecule has 0 saturated carbocycles. The van der Waals surface area contributed by atoms with Gasteiger partial charge in [0.05, 0.1) is 14.2 Å². The monoisotopic (exact) mass is 354 g/mol. The van der Waals surface area contributed by atoms with Crippen LogP contribution in [0.4, 0.5) is 0 Å². The van der Waals surface area contributed by atoms with E-state index in [2.05, 4.69) is 73.7 Å². The standard InChI is InChI=1S/C25H22O2/c1-17-8-10-19(11-9-17)22-14-12-18-6-4-5-7-21(18)25(22)23-16-20(26-2)13-15-24(23)27-3/h4-16H,1-3H3. The summed E-state index contributed by atoms with van der Waals surface area (Å²) in [6, 6.07) is 27.4. The van der Waals surface area contributed by atoms with E-state index >= 15 is 0 Å². The number of hydrogen-bond acceptors (Lipinski definition) is 2. The van der Waals surface area contributed by atoms with Gasteiger partial charge >= 0.3 is 0 Å². The summed E-state index contributed by atoms with van der Waals surface area (Å²) >= 11 is 0. The van der Waals surface area contributed by atoms with Gasteiger partial charge in [0.15, 0.2) is 0 Å². The largest absolute Gasteiger partial charge is 0.497 e. The van der Waals surface area contributed by atoms with Gasteiger partial charge in [0.2, 0.25) is 0 Å². The van der Waals surface area contributed by atoms with Gasteiger partial charge in [-0.25, -0.2) is 0 Å². The molecule has 4 aromatic carbocycles. The quantitative estimate of drug-likeness (QED) is 0.416. The fraction of sp³-hybridized carbons (Fsp3) is 0.120. The molecule has 0 saturated heterocycles. The van der Waals surface area contributed by atoms with E-state index in [1.54, 1.807) is 14.2 Å². The predicted octanol–water partition coefficient (Wildman–Crippen LogP) is 6.50. The summed E-state index contributed by atoms with van der Waals surface area (Å²) in [5.41, 5.74) is 5.81. The highest BCUT2D eigenvalue weighted by Crippen LogP contribution is 2.43. The highest BCUT2D eigenvalue weighted by molar-refractivity contribution is 6.05. The van der Waals surface area contributed by atoms with E-state index < -0.39 is 0 Å². The Morgan fingerprint density at radius 1 is 0.667 bits per heavy atom. The van der Waals surface area contributed by atoms with Gasteiger partial charge in [-0.3, -0.25) is 0 Å². The van der Waals surface area contributed by atoms with Crippen molar-refractivity contribution in [2.24, 2.45) is 0 Å². The lowest BCUT2D eigenvalue weighted by atomic mass is 9.89. The fourth-order valence-electron chi connectivity index (χ4n) is 3.54. The number of hydrogen-bond donors (Lipinski definition) is 0. The van der Waals surface area contributed by atoms with Crippen LogP contribution in [-0.4, -0.2) is 14.2 Å². The van der Waals surface area contributed by atoms with Gasteiger partial charge in [-0.15, -0.1) is 0 Å². The first kappa shape index (κ1) is 17.2. The summed E-state index contributed by atoms with van der Waals surface area (Å²) < 4.78 is 11.2. The zero-order valence-electron chi connectivity index (χ0n) is 15.8. The summed E-state index contributed by atoms with van der Waals surface area (Å²) in [6.45, 7) is 2.11. The number of aryl methyl sites for hydroxylation is 1. The van der Waals surface area contributed by atoms with Gasteiger partial charge in [0, 0.05) is 11.1 Å². The van der Waals surface area contributed by atoms with E-state index in [0.717, 1.165) is 22.6 Å². The van der Waals surface area contributed by atoms with Crippen molar-refractivity contribution in [1.82, 2.24) is 0 Å². The van der Waals surface area contributed by atoms with Crippen molar-refractivity contribution in [2.75, 3.05) is 14.2 Å². The summed E-state index contributed by atoms with van der Waals surface area (Å²) in [6.07, 6.45) is 0. The number of rotatable bonds is 4. The lowest BCUT2D eigenvalue weighted by molar-refractivity contribution is 0.404. The van der Waals surface area contributed by atoms with Crippen LogP contribution in [0.25, 0.3) is 33.0 Å². The van der Waals surface area contributed by atoms with Gasteiger partial charge in [0.25, 0.3) is 0 Å². The molecule has 0 radical (unpaired) electrons. The maximum Gasteiger partial charge on any atom is 0.126 e. The molecule has 0 fully saturated rings. The van der Waals surface area contributed by atoms with Gasteiger partial charge in [-0.2, -0.15) is 0 Å². The van der Waals surface area contributed by atoms with Gasteiger partial charge in [0.1, 0.15) is 11.5 Å². The molecule has 0 heterocycles. The molecular weight excluding hydrogens is 332 g/mol. The average molecular weight is 354 g/mol. The average Bonchev–Trinajstić information content (AvgIpc) is 2.73. The molecule has 4 rings (SSSR count). The Bertz CT molecular complexity index is 1100. The van der Waals surface area contributed by atoms with Crippen LogP contribution in [0.2, 0.25) is 0 Å². The minimum Gasteiger partial charge on any atom is -0.497 e. The lowest BCUT2D eigenvalue weighted by Crippen LogP contribution is -1.94. The molecule has 0 aliphatic heterocycles. The zero-order chi connectivity index (χ0) is 18.8. The Balaban J connectivity index is 2.09. The van der Waals surface area contributed by atoms with E-state index in [9.17, 15) is 0 Å². The first-order chi connectivity index (χ1) is 13.2. The molecule has 0 bridgehead atoms. The topological polar surface area (TPSA) is 18.5 Å². The highest BCUT2D eigenvalue weighted by atomic mass is 16.5. The summed E-state index contributed by atoms with van der Waals surface area (Å²) in [5, 5.41) is 2.40. The van der Waals surface area contributed by atoms with Crippen molar-refractivity contribution >= 4 is 10.8 Å². The normalized spacial score (nSPS) is 10.8. The summed E-state index contributed by atoms with van der Waals surface area (Å²) in [4.78, 5) is 0. The Hall–Kier alpha value is -3.26.